The normalized spacial score (nSPS) is 20.7. The summed E-state index contributed by atoms with van der Waals surface area (Å²) in [7, 11) is 0. The standard InChI is InChI=1S/C18H14O8.C16H21NO2/c19-13(11-7-3-1-4-8-11)18(17(24)25,14(20)15(21)22)26-16(23)12-9-5-2-6-10-12;18-16(19)17-14(10-12-6-2-1-3-7-12)11-13-8-4-5-9-15(13)17/h1-10,14,20H,(H,21,22)(H,24,25);1-3,6-7,13-15H,4-5,8-11H2,(H,18,19)/t14-,18+;/m0./s1. The SMILES string of the molecule is O=C(O)N1C(Cc2ccccc2)CC2CCCCC21.O=C(O[C@](C(=O)O)(C(=O)c1ccccc1)[C@@H](O)C(=O)O)c1ccccc1. The molecule has 11 heteroatoms. The van der Waals surface area contributed by atoms with Crippen molar-refractivity contribution >= 4 is 29.8 Å². The minimum absolute atomic E-state index is 0.114. The highest BCUT2D eigenvalue weighted by Crippen LogP contribution is 2.40. The van der Waals surface area contributed by atoms with Crippen LogP contribution in [-0.2, 0) is 20.7 Å². The quantitative estimate of drug-likeness (QED) is 0.151. The number of carbonyl (C=O) groups is 5. The summed E-state index contributed by atoms with van der Waals surface area (Å²) in [5, 5.41) is 38.1. The Labute approximate surface area is 259 Å². The lowest BCUT2D eigenvalue weighted by Gasteiger charge is -2.31. The fourth-order valence-corrected chi connectivity index (χ4v) is 6.17. The van der Waals surface area contributed by atoms with Crippen LogP contribution in [0.2, 0.25) is 0 Å². The number of ketones is 1. The Morgan fingerprint density at radius 3 is 1.84 bits per heavy atom. The zero-order chi connectivity index (χ0) is 32.6. The second-order valence-corrected chi connectivity index (χ2v) is 11.1. The molecular formula is C34H35NO10. The van der Waals surface area contributed by atoms with Crippen molar-refractivity contribution in [2.45, 2.75) is 62.3 Å². The molecule has 0 bridgehead atoms. The Balaban J connectivity index is 0.000000214. The number of hydrogen-bond acceptors (Lipinski definition) is 7. The number of aliphatic hydroxyl groups excluding tert-OH is 1. The van der Waals surface area contributed by atoms with E-state index < -0.39 is 41.5 Å². The number of ether oxygens (including phenoxy) is 1. The molecule has 236 valence electrons. The maximum absolute atomic E-state index is 12.7. The molecule has 5 rings (SSSR count). The Bertz CT molecular complexity index is 1500. The summed E-state index contributed by atoms with van der Waals surface area (Å²) in [6, 6.07) is 24.6. The van der Waals surface area contributed by atoms with Crippen LogP contribution in [0.3, 0.4) is 0 Å². The highest BCUT2D eigenvalue weighted by molar-refractivity contribution is 6.19. The van der Waals surface area contributed by atoms with Gasteiger partial charge in [-0.15, -0.1) is 0 Å². The van der Waals surface area contributed by atoms with Crippen molar-refractivity contribution in [3.63, 3.8) is 0 Å². The van der Waals surface area contributed by atoms with Gasteiger partial charge in [-0.1, -0.05) is 91.7 Å². The zero-order valence-corrected chi connectivity index (χ0v) is 24.4. The molecule has 2 fully saturated rings. The molecule has 3 unspecified atom stereocenters. The molecule has 1 heterocycles. The van der Waals surface area contributed by atoms with Gasteiger partial charge >= 0.3 is 29.6 Å². The van der Waals surface area contributed by atoms with Crippen LogP contribution in [0.4, 0.5) is 4.79 Å². The molecule has 3 aromatic rings. The second-order valence-electron chi connectivity index (χ2n) is 11.1. The van der Waals surface area contributed by atoms with E-state index >= 15 is 0 Å². The third kappa shape index (κ3) is 7.38. The molecule has 2 aliphatic rings. The van der Waals surface area contributed by atoms with Gasteiger partial charge in [0.25, 0.3) is 0 Å². The number of nitrogens with zero attached hydrogens (tertiary/aromatic N) is 1. The van der Waals surface area contributed by atoms with E-state index in [1.165, 1.54) is 73.4 Å². The monoisotopic (exact) mass is 617 g/mol. The van der Waals surface area contributed by atoms with Crippen molar-refractivity contribution in [3.05, 3.63) is 108 Å². The van der Waals surface area contributed by atoms with E-state index in [9.17, 15) is 39.3 Å². The zero-order valence-electron chi connectivity index (χ0n) is 24.4. The van der Waals surface area contributed by atoms with E-state index in [2.05, 4.69) is 12.1 Å². The van der Waals surface area contributed by atoms with Gasteiger partial charge in [0.1, 0.15) is 0 Å². The van der Waals surface area contributed by atoms with Gasteiger partial charge in [-0.2, -0.15) is 0 Å². The first-order chi connectivity index (χ1) is 21.6. The topological polar surface area (TPSA) is 179 Å². The number of carbonyl (C=O) groups excluding carboxylic acids is 2. The van der Waals surface area contributed by atoms with Crippen molar-refractivity contribution in [2.24, 2.45) is 5.92 Å². The number of carboxylic acids is 2. The third-order valence-electron chi connectivity index (χ3n) is 8.30. The number of amides is 1. The molecule has 0 aromatic heterocycles. The minimum Gasteiger partial charge on any atom is -0.479 e. The molecule has 0 spiro atoms. The van der Waals surface area contributed by atoms with E-state index in [0.29, 0.717) is 5.92 Å². The van der Waals surface area contributed by atoms with Crippen LogP contribution in [-0.4, -0.2) is 78.9 Å². The summed E-state index contributed by atoms with van der Waals surface area (Å²) >= 11 is 0. The van der Waals surface area contributed by atoms with Crippen LogP contribution >= 0.6 is 0 Å². The highest BCUT2D eigenvalue weighted by atomic mass is 16.6. The number of benzene rings is 3. The van der Waals surface area contributed by atoms with Crippen LogP contribution in [0, 0.1) is 5.92 Å². The first-order valence-corrected chi connectivity index (χ1v) is 14.6. The van der Waals surface area contributed by atoms with Gasteiger partial charge in [-0.05, 0) is 49.3 Å². The van der Waals surface area contributed by atoms with Gasteiger partial charge in [-0.3, -0.25) is 4.79 Å². The van der Waals surface area contributed by atoms with Gasteiger partial charge in [0.15, 0.2) is 0 Å². The summed E-state index contributed by atoms with van der Waals surface area (Å²) in [5.41, 5.74) is -2.45. The van der Waals surface area contributed by atoms with Gasteiger partial charge in [0, 0.05) is 17.6 Å². The molecule has 45 heavy (non-hydrogen) atoms. The molecule has 1 aliphatic heterocycles. The number of Topliss-reactive ketones (excluding diaryl/α,β-unsaturated/α-hetero) is 1. The van der Waals surface area contributed by atoms with Crippen molar-refractivity contribution < 1.29 is 49.1 Å². The van der Waals surface area contributed by atoms with E-state index in [1.807, 2.05) is 18.2 Å². The maximum atomic E-state index is 12.7. The lowest BCUT2D eigenvalue weighted by molar-refractivity contribution is -0.176. The first kappa shape index (κ1) is 32.9. The molecule has 3 aromatic carbocycles. The largest absolute Gasteiger partial charge is 0.479 e. The van der Waals surface area contributed by atoms with Crippen LogP contribution < -0.4 is 0 Å². The van der Waals surface area contributed by atoms with Gasteiger partial charge in [0.2, 0.25) is 11.9 Å². The summed E-state index contributed by atoms with van der Waals surface area (Å²) in [6.07, 6.45) is 3.08. The summed E-state index contributed by atoms with van der Waals surface area (Å²) < 4.78 is 4.81. The average Bonchev–Trinajstić information content (AvgIpc) is 3.42. The lowest BCUT2D eigenvalue weighted by Crippen LogP contribution is -2.61. The Morgan fingerprint density at radius 1 is 0.778 bits per heavy atom. The molecule has 1 aliphatic carbocycles. The van der Waals surface area contributed by atoms with Crippen molar-refractivity contribution in [3.8, 4) is 0 Å². The molecule has 1 saturated heterocycles. The van der Waals surface area contributed by atoms with E-state index in [-0.39, 0.29) is 23.2 Å². The second kappa shape index (κ2) is 14.6. The molecule has 5 atom stereocenters. The maximum Gasteiger partial charge on any atom is 0.407 e. The number of carboxylic acid groups (broad SMARTS) is 3. The van der Waals surface area contributed by atoms with Crippen molar-refractivity contribution in [1.82, 2.24) is 4.90 Å². The van der Waals surface area contributed by atoms with Crippen LogP contribution in [0.1, 0.15) is 58.4 Å². The van der Waals surface area contributed by atoms with Crippen molar-refractivity contribution in [2.75, 3.05) is 0 Å². The van der Waals surface area contributed by atoms with Crippen molar-refractivity contribution in [1.29, 1.82) is 0 Å². The fraction of sp³-hybridized carbons (Fsp3) is 0.324. The van der Waals surface area contributed by atoms with E-state index in [4.69, 9.17) is 9.84 Å². The molecule has 11 nitrogen and oxygen atoms in total. The molecule has 0 radical (unpaired) electrons. The first-order valence-electron chi connectivity index (χ1n) is 14.6. The Morgan fingerprint density at radius 2 is 1.31 bits per heavy atom. The van der Waals surface area contributed by atoms with Gasteiger partial charge < -0.3 is 30.1 Å². The summed E-state index contributed by atoms with van der Waals surface area (Å²) in [6.45, 7) is 0. The van der Waals surface area contributed by atoms with Crippen LogP contribution in [0.15, 0.2) is 91.0 Å². The number of esters is 1. The van der Waals surface area contributed by atoms with Crippen LogP contribution in [0.5, 0.6) is 0 Å². The van der Waals surface area contributed by atoms with Gasteiger partial charge in [0.05, 0.1) is 5.56 Å². The predicted molar refractivity (Wildman–Crippen MR) is 161 cm³/mol. The molecular weight excluding hydrogens is 582 g/mol. The number of aliphatic carboxylic acids is 2. The van der Waals surface area contributed by atoms with E-state index in [0.717, 1.165) is 19.3 Å². The molecule has 1 amide bonds. The third-order valence-corrected chi connectivity index (χ3v) is 8.30. The average molecular weight is 618 g/mol. The molecule has 1 saturated carbocycles. The number of likely N-dealkylation sites (tertiary alicyclic amines) is 1. The number of fused-ring (bicyclic) bond motifs is 1. The lowest BCUT2D eigenvalue weighted by atomic mass is 9.84. The number of hydrogen-bond donors (Lipinski definition) is 4. The minimum atomic E-state index is -3.35. The number of aliphatic hydroxyl groups is 1. The highest BCUT2D eigenvalue weighted by Gasteiger charge is 2.59. The van der Waals surface area contributed by atoms with Gasteiger partial charge in [-0.25, -0.2) is 19.2 Å². The number of rotatable bonds is 9. The Kier molecular flexibility index (Phi) is 10.7. The van der Waals surface area contributed by atoms with Crippen LogP contribution in [0.25, 0.3) is 0 Å². The summed E-state index contributed by atoms with van der Waals surface area (Å²) in [4.78, 5) is 61.4. The molecule has 4 N–H and O–H groups in total. The smallest absolute Gasteiger partial charge is 0.407 e. The Hall–Kier alpha value is -5.03. The fourth-order valence-electron chi connectivity index (χ4n) is 6.17. The predicted octanol–water partition coefficient (Wildman–Crippen LogP) is 4.54. The summed E-state index contributed by atoms with van der Waals surface area (Å²) in [5.74, 6) is -6.18. The van der Waals surface area contributed by atoms with E-state index in [1.54, 1.807) is 17.0 Å².